The summed E-state index contributed by atoms with van der Waals surface area (Å²) in [5.74, 6) is -0.410. The van der Waals surface area contributed by atoms with E-state index in [-0.39, 0.29) is 23.8 Å². The highest BCUT2D eigenvalue weighted by Crippen LogP contribution is 2.34. The van der Waals surface area contributed by atoms with Gasteiger partial charge >= 0.3 is 5.97 Å². The summed E-state index contributed by atoms with van der Waals surface area (Å²) in [6.45, 7) is 5.08. The first-order valence-corrected chi connectivity index (χ1v) is 8.43. The summed E-state index contributed by atoms with van der Waals surface area (Å²) < 4.78 is 10.8. The minimum absolute atomic E-state index is 0.131. The van der Waals surface area contributed by atoms with Crippen LogP contribution in [-0.2, 0) is 9.59 Å². The quantitative estimate of drug-likeness (QED) is 0.641. The Morgan fingerprint density at radius 2 is 1.93 bits per heavy atom. The second-order valence-electron chi connectivity index (χ2n) is 6.88. The summed E-state index contributed by atoms with van der Waals surface area (Å²) in [4.78, 5) is 36.0. The summed E-state index contributed by atoms with van der Waals surface area (Å²) in [6, 6.07) is 11.4. The molecule has 2 aromatic carbocycles. The lowest BCUT2D eigenvalue weighted by molar-refractivity contribution is -0.132. The van der Waals surface area contributed by atoms with E-state index in [0.717, 1.165) is 0 Å². The summed E-state index contributed by atoms with van der Waals surface area (Å²) in [5, 5.41) is 5.57. The van der Waals surface area contributed by atoms with Crippen molar-refractivity contribution in [2.45, 2.75) is 20.8 Å². The number of carbonyl (C=O) groups is 3. The molecule has 1 aliphatic heterocycles. The van der Waals surface area contributed by atoms with Crippen molar-refractivity contribution in [2.24, 2.45) is 5.41 Å². The Morgan fingerprint density at radius 1 is 1.19 bits per heavy atom. The maximum absolute atomic E-state index is 12.6. The Kier molecular flexibility index (Phi) is 4.85. The average Bonchev–Trinajstić information content (AvgIpc) is 2.71. The highest BCUT2D eigenvalue weighted by Gasteiger charge is 2.32. The number of hydrogen-bond donors (Lipinski definition) is 2. The molecular formula is C20H20N2O5. The van der Waals surface area contributed by atoms with Crippen LogP contribution in [0.5, 0.6) is 11.5 Å². The van der Waals surface area contributed by atoms with Crippen LogP contribution >= 0.6 is 0 Å². The summed E-state index contributed by atoms with van der Waals surface area (Å²) in [7, 11) is 0. The molecular weight excluding hydrogens is 348 g/mol. The molecule has 7 nitrogen and oxygen atoms in total. The highest BCUT2D eigenvalue weighted by atomic mass is 16.5. The second-order valence-corrected chi connectivity index (χ2v) is 6.88. The second kappa shape index (κ2) is 7.11. The maximum Gasteiger partial charge on any atom is 0.308 e. The van der Waals surface area contributed by atoms with Gasteiger partial charge in [0.15, 0.2) is 0 Å². The monoisotopic (exact) mass is 368 g/mol. The van der Waals surface area contributed by atoms with Gasteiger partial charge in [-0.3, -0.25) is 14.4 Å². The number of carbonyl (C=O) groups excluding carboxylic acids is 3. The first-order chi connectivity index (χ1) is 12.8. The molecule has 2 N–H and O–H groups in total. The van der Waals surface area contributed by atoms with E-state index in [9.17, 15) is 14.4 Å². The third-order valence-corrected chi connectivity index (χ3v) is 4.08. The van der Waals surface area contributed by atoms with Gasteiger partial charge in [-0.2, -0.15) is 0 Å². The van der Waals surface area contributed by atoms with Crippen LogP contribution in [0.1, 0.15) is 31.1 Å². The number of anilines is 2. The molecule has 0 radical (unpaired) electrons. The summed E-state index contributed by atoms with van der Waals surface area (Å²) in [5.41, 5.74) is 0.609. The van der Waals surface area contributed by atoms with Gasteiger partial charge < -0.3 is 20.1 Å². The molecule has 7 heteroatoms. The van der Waals surface area contributed by atoms with E-state index in [4.69, 9.17) is 9.47 Å². The van der Waals surface area contributed by atoms with Crippen molar-refractivity contribution < 1.29 is 23.9 Å². The van der Waals surface area contributed by atoms with Crippen molar-refractivity contribution in [3.8, 4) is 11.5 Å². The van der Waals surface area contributed by atoms with Crippen LogP contribution in [0.3, 0.4) is 0 Å². The molecule has 0 bridgehead atoms. The van der Waals surface area contributed by atoms with Crippen LogP contribution in [-0.4, -0.2) is 24.4 Å². The number of benzene rings is 2. The normalized spacial score (nSPS) is 14.9. The minimum atomic E-state index is -0.661. The molecule has 0 spiro atoms. The van der Waals surface area contributed by atoms with Crippen LogP contribution in [0.15, 0.2) is 42.5 Å². The number of hydrogen-bond acceptors (Lipinski definition) is 5. The van der Waals surface area contributed by atoms with E-state index < -0.39 is 17.3 Å². The third-order valence-electron chi connectivity index (χ3n) is 4.08. The van der Waals surface area contributed by atoms with Gasteiger partial charge in [-0.15, -0.1) is 0 Å². The fourth-order valence-electron chi connectivity index (χ4n) is 2.53. The zero-order chi connectivity index (χ0) is 19.6. The maximum atomic E-state index is 12.6. The number of rotatable bonds is 3. The Hall–Kier alpha value is -3.35. The van der Waals surface area contributed by atoms with E-state index in [2.05, 4.69) is 10.6 Å². The molecule has 0 fully saturated rings. The van der Waals surface area contributed by atoms with Crippen molar-refractivity contribution in [2.75, 3.05) is 17.2 Å². The van der Waals surface area contributed by atoms with Crippen molar-refractivity contribution in [1.82, 2.24) is 0 Å². The predicted octanol–water partition coefficient (Wildman–Crippen LogP) is 3.22. The van der Waals surface area contributed by atoms with Gasteiger partial charge in [0, 0.05) is 18.7 Å². The van der Waals surface area contributed by atoms with Crippen LogP contribution in [0.2, 0.25) is 0 Å². The Bertz CT molecular complexity index is 920. The molecule has 0 saturated carbocycles. The Balaban J connectivity index is 1.82. The van der Waals surface area contributed by atoms with E-state index in [1.165, 1.54) is 6.92 Å². The summed E-state index contributed by atoms with van der Waals surface area (Å²) in [6.07, 6.45) is 0. The lowest BCUT2D eigenvalue weighted by Gasteiger charge is -2.18. The molecule has 1 heterocycles. The van der Waals surface area contributed by atoms with Crippen LogP contribution in [0, 0.1) is 5.41 Å². The SMILES string of the molecule is CC(=O)Oc1ccccc1C(=O)Nc1ccc2c(c1)OCC(C)(C)C(=O)N2. The van der Waals surface area contributed by atoms with Crippen LogP contribution < -0.4 is 20.1 Å². The number of esters is 1. The fourth-order valence-corrected chi connectivity index (χ4v) is 2.53. The lowest BCUT2D eigenvalue weighted by Crippen LogP contribution is -2.33. The number of amides is 2. The smallest absolute Gasteiger partial charge is 0.308 e. The van der Waals surface area contributed by atoms with Crippen molar-refractivity contribution in [3.05, 3.63) is 48.0 Å². The summed E-state index contributed by atoms with van der Waals surface area (Å²) >= 11 is 0. The number of fused-ring (bicyclic) bond motifs is 1. The van der Waals surface area contributed by atoms with Crippen LogP contribution in [0.25, 0.3) is 0 Å². The topological polar surface area (TPSA) is 93.7 Å². The van der Waals surface area contributed by atoms with E-state index >= 15 is 0 Å². The van der Waals surface area contributed by atoms with Crippen molar-refractivity contribution in [1.29, 1.82) is 0 Å². The molecule has 0 saturated heterocycles. The van der Waals surface area contributed by atoms with Crippen molar-refractivity contribution >= 4 is 29.2 Å². The van der Waals surface area contributed by atoms with E-state index in [1.807, 2.05) is 0 Å². The standard InChI is InChI=1S/C20H20N2O5/c1-12(23)27-16-7-5-4-6-14(16)18(24)21-13-8-9-15-17(10-13)26-11-20(2,3)19(25)22-15/h4-10H,11H2,1-3H3,(H,21,24)(H,22,25). The van der Waals surface area contributed by atoms with Crippen molar-refractivity contribution in [3.63, 3.8) is 0 Å². The lowest BCUT2D eigenvalue weighted by atomic mass is 9.94. The number of para-hydroxylation sites is 1. The minimum Gasteiger partial charge on any atom is -0.490 e. The number of nitrogens with one attached hydrogen (secondary N) is 2. The van der Waals surface area contributed by atoms with Gasteiger partial charge in [0.1, 0.15) is 18.1 Å². The van der Waals surface area contributed by atoms with Gasteiger partial charge in [-0.1, -0.05) is 12.1 Å². The first-order valence-electron chi connectivity index (χ1n) is 8.43. The first kappa shape index (κ1) is 18.4. The molecule has 27 heavy (non-hydrogen) atoms. The molecule has 0 atom stereocenters. The van der Waals surface area contributed by atoms with Crippen LogP contribution in [0.4, 0.5) is 11.4 Å². The molecule has 140 valence electrons. The fraction of sp³-hybridized carbons (Fsp3) is 0.250. The Labute approximate surface area is 156 Å². The molecule has 3 rings (SSSR count). The van der Waals surface area contributed by atoms with Gasteiger partial charge in [0.25, 0.3) is 5.91 Å². The van der Waals surface area contributed by atoms with E-state index in [0.29, 0.717) is 17.1 Å². The largest absolute Gasteiger partial charge is 0.490 e. The molecule has 1 aliphatic rings. The van der Waals surface area contributed by atoms with Gasteiger partial charge in [-0.25, -0.2) is 0 Å². The molecule has 0 aromatic heterocycles. The molecule has 0 aliphatic carbocycles. The third kappa shape index (κ3) is 4.08. The highest BCUT2D eigenvalue weighted by molar-refractivity contribution is 6.07. The van der Waals surface area contributed by atoms with E-state index in [1.54, 1.807) is 56.3 Å². The predicted molar refractivity (Wildman–Crippen MR) is 100 cm³/mol. The zero-order valence-corrected chi connectivity index (χ0v) is 15.3. The van der Waals surface area contributed by atoms with Gasteiger partial charge in [-0.05, 0) is 38.1 Å². The Morgan fingerprint density at radius 3 is 2.67 bits per heavy atom. The molecule has 2 aromatic rings. The zero-order valence-electron chi connectivity index (χ0n) is 15.3. The molecule has 2 amide bonds. The van der Waals surface area contributed by atoms with Gasteiger partial charge in [0.05, 0.1) is 16.7 Å². The number of ether oxygens (including phenoxy) is 2. The molecule has 0 unspecified atom stereocenters. The average molecular weight is 368 g/mol. The van der Waals surface area contributed by atoms with Gasteiger partial charge in [0.2, 0.25) is 5.91 Å².